The summed E-state index contributed by atoms with van der Waals surface area (Å²) >= 11 is 0. The summed E-state index contributed by atoms with van der Waals surface area (Å²) in [4.78, 5) is 28.0. The average Bonchev–Trinajstić information content (AvgIpc) is 2.68. The third-order valence-corrected chi connectivity index (χ3v) is 3.70. The lowest BCUT2D eigenvalue weighted by atomic mass is 10.1. The number of carbonyl (C=O) groups excluding carboxylic acids is 2. The molecule has 2 amide bonds. The molecule has 1 aromatic heterocycles. The molecule has 0 radical (unpaired) electrons. The number of aromatic nitrogens is 1. The van der Waals surface area contributed by atoms with Gasteiger partial charge in [-0.2, -0.15) is 0 Å². The Labute approximate surface area is 150 Å². The van der Waals surface area contributed by atoms with Gasteiger partial charge < -0.3 is 15.7 Å². The largest absolute Gasteiger partial charge is 0.508 e. The minimum atomic E-state index is -0.307. The zero-order valence-corrected chi connectivity index (χ0v) is 13.8. The van der Waals surface area contributed by atoms with Crippen molar-refractivity contribution < 1.29 is 14.7 Å². The summed E-state index contributed by atoms with van der Waals surface area (Å²) in [5, 5.41) is 15.0. The van der Waals surface area contributed by atoms with Gasteiger partial charge in [0.05, 0.1) is 5.56 Å². The highest BCUT2D eigenvalue weighted by molar-refractivity contribution is 6.04. The number of pyridine rings is 1. The number of amides is 2. The van der Waals surface area contributed by atoms with Gasteiger partial charge in [-0.15, -0.1) is 0 Å². The Morgan fingerprint density at radius 3 is 2.38 bits per heavy atom. The molecule has 0 saturated heterocycles. The molecule has 3 aromatic rings. The van der Waals surface area contributed by atoms with Crippen LogP contribution >= 0.6 is 0 Å². The van der Waals surface area contributed by atoms with Crippen LogP contribution in [0.4, 0.5) is 5.69 Å². The Morgan fingerprint density at radius 1 is 0.923 bits per heavy atom. The van der Waals surface area contributed by atoms with Crippen LogP contribution in [0.5, 0.6) is 5.75 Å². The van der Waals surface area contributed by atoms with Crippen molar-refractivity contribution in [3.8, 4) is 5.75 Å². The lowest BCUT2D eigenvalue weighted by Gasteiger charge is -2.08. The zero-order chi connectivity index (χ0) is 18.4. The fraction of sp³-hybridized carbons (Fsp3) is 0.0500. The maximum absolute atomic E-state index is 12.1. The van der Waals surface area contributed by atoms with Gasteiger partial charge in [0.1, 0.15) is 5.75 Å². The highest BCUT2D eigenvalue weighted by atomic mass is 16.3. The van der Waals surface area contributed by atoms with Gasteiger partial charge in [-0.25, -0.2) is 0 Å². The molecule has 1 heterocycles. The number of phenolic OH excluding ortho intramolecular Hbond substituents is 1. The van der Waals surface area contributed by atoms with E-state index >= 15 is 0 Å². The van der Waals surface area contributed by atoms with Crippen molar-refractivity contribution in [1.82, 2.24) is 10.3 Å². The van der Waals surface area contributed by atoms with E-state index < -0.39 is 0 Å². The van der Waals surface area contributed by atoms with E-state index in [-0.39, 0.29) is 17.6 Å². The van der Waals surface area contributed by atoms with Gasteiger partial charge in [0.15, 0.2) is 0 Å². The molecular formula is C20H17N3O3. The summed E-state index contributed by atoms with van der Waals surface area (Å²) in [7, 11) is 0. The Balaban J connectivity index is 1.56. The quantitative estimate of drug-likeness (QED) is 0.662. The molecule has 26 heavy (non-hydrogen) atoms. The fourth-order valence-electron chi connectivity index (χ4n) is 2.34. The number of nitrogens with one attached hydrogen (secondary N) is 2. The van der Waals surface area contributed by atoms with Gasteiger partial charge in [-0.3, -0.25) is 14.6 Å². The fourth-order valence-corrected chi connectivity index (χ4v) is 2.34. The molecule has 130 valence electrons. The Hall–Kier alpha value is -3.67. The SMILES string of the molecule is O=C(NCc1ccc(NC(=O)c2cccc(O)c2)cc1)c1cccnc1. The van der Waals surface area contributed by atoms with E-state index in [1.165, 1.54) is 18.3 Å². The van der Waals surface area contributed by atoms with Crippen molar-refractivity contribution in [2.24, 2.45) is 0 Å². The van der Waals surface area contributed by atoms with Crippen LogP contribution in [0.1, 0.15) is 26.3 Å². The van der Waals surface area contributed by atoms with Gasteiger partial charge in [0.2, 0.25) is 0 Å². The first kappa shape index (κ1) is 17.2. The van der Waals surface area contributed by atoms with E-state index in [4.69, 9.17) is 0 Å². The molecule has 0 aliphatic heterocycles. The molecule has 0 bridgehead atoms. The first-order chi connectivity index (χ1) is 12.6. The third kappa shape index (κ3) is 4.45. The van der Waals surface area contributed by atoms with E-state index in [0.717, 1.165) is 5.56 Å². The molecule has 0 saturated carbocycles. The molecule has 0 unspecified atom stereocenters. The van der Waals surface area contributed by atoms with Gasteiger partial charge in [-0.1, -0.05) is 18.2 Å². The number of hydrogen-bond donors (Lipinski definition) is 3. The molecule has 0 fully saturated rings. The molecule has 0 atom stereocenters. The number of carbonyl (C=O) groups is 2. The minimum Gasteiger partial charge on any atom is -0.508 e. The second-order valence-corrected chi connectivity index (χ2v) is 5.63. The molecule has 0 spiro atoms. The number of rotatable bonds is 5. The van der Waals surface area contributed by atoms with Gasteiger partial charge in [0.25, 0.3) is 11.8 Å². The zero-order valence-electron chi connectivity index (χ0n) is 13.8. The highest BCUT2D eigenvalue weighted by Crippen LogP contribution is 2.14. The van der Waals surface area contributed by atoms with Gasteiger partial charge >= 0.3 is 0 Å². The molecule has 0 aliphatic rings. The average molecular weight is 347 g/mol. The standard InChI is InChI=1S/C20H17N3O3/c24-18-5-1-3-15(11-18)20(26)23-17-8-6-14(7-9-17)12-22-19(25)16-4-2-10-21-13-16/h1-11,13,24H,12H2,(H,22,25)(H,23,26). The first-order valence-electron chi connectivity index (χ1n) is 7.99. The maximum atomic E-state index is 12.1. The second kappa shape index (κ2) is 7.94. The van der Waals surface area contributed by atoms with Gasteiger partial charge in [-0.05, 0) is 48.0 Å². The number of benzene rings is 2. The molecule has 2 aromatic carbocycles. The summed E-state index contributed by atoms with van der Waals surface area (Å²) in [6.45, 7) is 0.370. The van der Waals surface area contributed by atoms with E-state index in [1.54, 1.807) is 42.6 Å². The van der Waals surface area contributed by atoms with Gasteiger partial charge in [0, 0.05) is 30.2 Å². The van der Waals surface area contributed by atoms with Crippen molar-refractivity contribution >= 4 is 17.5 Å². The predicted molar refractivity (Wildman–Crippen MR) is 97.9 cm³/mol. The number of phenols is 1. The second-order valence-electron chi connectivity index (χ2n) is 5.63. The molecular weight excluding hydrogens is 330 g/mol. The predicted octanol–water partition coefficient (Wildman–Crippen LogP) is 2.97. The normalized spacial score (nSPS) is 10.2. The monoisotopic (exact) mass is 347 g/mol. The maximum Gasteiger partial charge on any atom is 0.255 e. The summed E-state index contributed by atoms with van der Waals surface area (Å²) in [6.07, 6.45) is 3.12. The van der Waals surface area contributed by atoms with Crippen molar-refractivity contribution in [2.75, 3.05) is 5.32 Å². The highest BCUT2D eigenvalue weighted by Gasteiger charge is 2.07. The third-order valence-electron chi connectivity index (χ3n) is 3.70. The summed E-state index contributed by atoms with van der Waals surface area (Å²) in [5.74, 6) is -0.463. The van der Waals surface area contributed by atoms with Crippen molar-refractivity contribution in [3.05, 3.63) is 89.7 Å². The number of aromatic hydroxyl groups is 1. The topological polar surface area (TPSA) is 91.3 Å². The van der Waals surface area contributed by atoms with Crippen molar-refractivity contribution in [1.29, 1.82) is 0 Å². The summed E-state index contributed by atoms with van der Waals surface area (Å²) in [5.41, 5.74) is 2.40. The Morgan fingerprint density at radius 2 is 1.69 bits per heavy atom. The number of anilines is 1. The van der Waals surface area contributed by atoms with Crippen LogP contribution in [0.3, 0.4) is 0 Å². The number of hydrogen-bond acceptors (Lipinski definition) is 4. The Kier molecular flexibility index (Phi) is 5.24. The van der Waals surface area contributed by atoms with E-state index in [2.05, 4.69) is 15.6 Å². The lowest BCUT2D eigenvalue weighted by Crippen LogP contribution is -2.22. The summed E-state index contributed by atoms with van der Waals surface area (Å²) in [6, 6.07) is 16.7. The van der Waals surface area contributed by atoms with Crippen LogP contribution in [0.15, 0.2) is 73.1 Å². The van der Waals surface area contributed by atoms with Crippen LogP contribution in [0.25, 0.3) is 0 Å². The van der Waals surface area contributed by atoms with Crippen LogP contribution in [0.2, 0.25) is 0 Å². The van der Waals surface area contributed by atoms with Crippen molar-refractivity contribution in [2.45, 2.75) is 6.54 Å². The number of nitrogens with zero attached hydrogens (tertiary/aromatic N) is 1. The van der Waals surface area contributed by atoms with Crippen molar-refractivity contribution in [3.63, 3.8) is 0 Å². The lowest BCUT2D eigenvalue weighted by molar-refractivity contribution is 0.0949. The molecule has 0 aliphatic carbocycles. The minimum absolute atomic E-state index is 0.0392. The summed E-state index contributed by atoms with van der Waals surface area (Å²) < 4.78 is 0. The van der Waals surface area contributed by atoms with E-state index in [1.807, 2.05) is 12.1 Å². The smallest absolute Gasteiger partial charge is 0.255 e. The van der Waals surface area contributed by atoms with Crippen LogP contribution in [-0.4, -0.2) is 21.9 Å². The van der Waals surface area contributed by atoms with Crippen LogP contribution in [0, 0.1) is 0 Å². The Bertz CT molecular complexity index is 909. The van der Waals surface area contributed by atoms with Crippen LogP contribution in [-0.2, 0) is 6.54 Å². The van der Waals surface area contributed by atoms with Crippen LogP contribution < -0.4 is 10.6 Å². The molecule has 3 N–H and O–H groups in total. The van der Waals surface area contributed by atoms with E-state index in [9.17, 15) is 14.7 Å². The molecule has 6 heteroatoms. The molecule has 3 rings (SSSR count). The first-order valence-corrected chi connectivity index (χ1v) is 7.99. The van der Waals surface area contributed by atoms with E-state index in [0.29, 0.717) is 23.4 Å². The molecule has 6 nitrogen and oxygen atoms in total.